The van der Waals surface area contributed by atoms with Crippen LogP contribution in [0.1, 0.15) is 18.4 Å². The third kappa shape index (κ3) is 4.95. The van der Waals surface area contributed by atoms with Crippen molar-refractivity contribution < 1.29 is 14.6 Å². The number of aliphatic hydroxyl groups excluding tert-OH is 1. The molecule has 2 heterocycles. The van der Waals surface area contributed by atoms with Gasteiger partial charge in [-0.3, -0.25) is 9.78 Å². The number of aliphatic hydroxyl groups is 1. The van der Waals surface area contributed by atoms with Gasteiger partial charge >= 0.3 is 0 Å². The van der Waals surface area contributed by atoms with Gasteiger partial charge in [-0.05, 0) is 30.9 Å². The molecule has 2 rings (SSSR count). The topological polar surface area (TPSA) is 71.5 Å². The summed E-state index contributed by atoms with van der Waals surface area (Å²) in [4.78, 5) is 16.0. The fraction of sp³-hybridized carbons (Fsp3) is 0.600. The zero-order valence-corrected chi connectivity index (χ0v) is 12.7. The molecule has 0 spiro atoms. The van der Waals surface area contributed by atoms with Gasteiger partial charge < -0.3 is 15.2 Å². The first-order chi connectivity index (χ1) is 10.2. The van der Waals surface area contributed by atoms with Gasteiger partial charge in [0, 0.05) is 38.1 Å². The Morgan fingerprint density at radius 2 is 2.48 bits per heavy atom. The molecule has 2 atom stereocenters. The van der Waals surface area contributed by atoms with Crippen LogP contribution in [0.5, 0.6) is 0 Å². The predicted octanol–water partition coefficient (Wildman–Crippen LogP) is 1.43. The number of amides is 1. The molecule has 0 aliphatic carbocycles. The van der Waals surface area contributed by atoms with E-state index < -0.39 is 0 Å². The van der Waals surface area contributed by atoms with E-state index in [0.717, 1.165) is 25.0 Å². The van der Waals surface area contributed by atoms with Gasteiger partial charge in [0.1, 0.15) is 0 Å². The summed E-state index contributed by atoms with van der Waals surface area (Å²) < 4.78 is 5.31. The molecular weight excluding hydrogens is 292 g/mol. The van der Waals surface area contributed by atoms with Crippen LogP contribution in [0.2, 0.25) is 5.02 Å². The second kappa shape index (κ2) is 8.32. The van der Waals surface area contributed by atoms with Gasteiger partial charge in [0.25, 0.3) is 0 Å². The molecule has 116 valence electrons. The molecular formula is C15H21ClN2O3. The van der Waals surface area contributed by atoms with Crippen molar-refractivity contribution in [1.82, 2.24) is 10.3 Å². The van der Waals surface area contributed by atoms with Crippen molar-refractivity contribution in [2.45, 2.75) is 19.3 Å². The van der Waals surface area contributed by atoms with Gasteiger partial charge in [-0.2, -0.15) is 0 Å². The summed E-state index contributed by atoms with van der Waals surface area (Å²) in [5.74, 6) is -0.116. The van der Waals surface area contributed by atoms with Crippen molar-refractivity contribution in [3.8, 4) is 0 Å². The van der Waals surface area contributed by atoms with Gasteiger partial charge in [-0.15, -0.1) is 0 Å². The molecule has 1 aromatic heterocycles. The van der Waals surface area contributed by atoms with E-state index in [9.17, 15) is 9.90 Å². The third-order valence-corrected chi connectivity index (χ3v) is 4.06. The van der Waals surface area contributed by atoms with Crippen LogP contribution in [0.15, 0.2) is 18.5 Å². The summed E-state index contributed by atoms with van der Waals surface area (Å²) >= 11 is 6.06. The minimum Gasteiger partial charge on any atom is -0.396 e. The Hall–Kier alpha value is -1.17. The zero-order valence-electron chi connectivity index (χ0n) is 11.9. The van der Waals surface area contributed by atoms with Crippen molar-refractivity contribution in [3.63, 3.8) is 0 Å². The molecule has 6 heteroatoms. The molecule has 1 aliphatic heterocycles. The van der Waals surface area contributed by atoms with E-state index in [4.69, 9.17) is 16.3 Å². The summed E-state index contributed by atoms with van der Waals surface area (Å²) in [7, 11) is 0. The largest absolute Gasteiger partial charge is 0.396 e. The van der Waals surface area contributed by atoms with Gasteiger partial charge in [0.2, 0.25) is 5.91 Å². The molecule has 0 radical (unpaired) electrons. The lowest BCUT2D eigenvalue weighted by Crippen LogP contribution is -2.39. The van der Waals surface area contributed by atoms with Crippen molar-refractivity contribution in [2.24, 2.45) is 11.8 Å². The second-order valence-corrected chi connectivity index (χ2v) is 5.79. The number of carbonyl (C=O) groups excluding carboxylic acids is 1. The molecule has 1 fully saturated rings. The Morgan fingerprint density at radius 3 is 3.14 bits per heavy atom. The van der Waals surface area contributed by atoms with Gasteiger partial charge in [-0.1, -0.05) is 11.6 Å². The fourth-order valence-corrected chi connectivity index (χ4v) is 2.62. The Labute approximate surface area is 129 Å². The lowest BCUT2D eigenvalue weighted by atomic mass is 9.99. The van der Waals surface area contributed by atoms with Crippen molar-refractivity contribution >= 4 is 17.5 Å². The van der Waals surface area contributed by atoms with Crippen LogP contribution in [0, 0.1) is 11.8 Å². The molecule has 1 aliphatic rings. The van der Waals surface area contributed by atoms with Crippen LogP contribution in [0.3, 0.4) is 0 Å². The maximum absolute atomic E-state index is 12.0. The zero-order chi connectivity index (χ0) is 15.1. The van der Waals surface area contributed by atoms with E-state index >= 15 is 0 Å². The second-order valence-electron chi connectivity index (χ2n) is 5.38. The first-order valence-corrected chi connectivity index (χ1v) is 7.63. The van der Waals surface area contributed by atoms with E-state index in [-0.39, 0.29) is 24.3 Å². The van der Waals surface area contributed by atoms with Crippen molar-refractivity contribution in [1.29, 1.82) is 0 Å². The fourth-order valence-electron chi connectivity index (χ4n) is 2.42. The number of hydrogen-bond acceptors (Lipinski definition) is 4. The maximum Gasteiger partial charge on any atom is 0.225 e. The first-order valence-electron chi connectivity index (χ1n) is 7.25. The number of nitrogens with zero attached hydrogens (tertiary/aromatic N) is 1. The highest BCUT2D eigenvalue weighted by atomic mass is 35.5. The van der Waals surface area contributed by atoms with Crippen LogP contribution < -0.4 is 5.32 Å². The molecule has 0 aromatic carbocycles. The van der Waals surface area contributed by atoms with Crippen molar-refractivity contribution in [2.75, 3.05) is 26.4 Å². The Morgan fingerprint density at radius 1 is 1.62 bits per heavy atom. The van der Waals surface area contributed by atoms with Crippen molar-refractivity contribution in [3.05, 3.63) is 29.0 Å². The van der Waals surface area contributed by atoms with Crippen LogP contribution in [-0.2, 0) is 16.0 Å². The molecule has 0 saturated carbocycles. The monoisotopic (exact) mass is 312 g/mol. The minimum atomic E-state index is -0.0670. The highest BCUT2D eigenvalue weighted by Gasteiger charge is 2.22. The summed E-state index contributed by atoms with van der Waals surface area (Å²) in [6.07, 6.45) is 5.66. The number of ether oxygens (including phenoxy) is 1. The Kier molecular flexibility index (Phi) is 6.42. The lowest BCUT2D eigenvalue weighted by molar-refractivity contribution is -0.129. The average molecular weight is 313 g/mol. The molecule has 0 bridgehead atoms. The first kappa shape index (κ1) is 16.2. The van der Waals surface area contributed by atoms with Crippen LogP contribution in [-0.4, -0.2) is 42.4 Å². The SMILES string of the molecule is O=C(NC[C@H](CO)Cc1ccncc1Cl)[C@@H]1CCCOC1. The van der Waals surface area contributed by atoms with E-state index in [1.165, 1.54) is 0 Å². The number of hydrogen-bond donors (Lipinski definition) is 2. The summed E-state index contributed by atoms with van der Waals surface area (Å²) in [6, 6.07) is 1.84. The quantitative estimate of drug-likeness (QED) is 0.833. The van der Waals surface area contributed by atoms with Crippen LogP contribution in [0.25, 0.3) is 0 Å². The smallest absolute Gasteiger partial charge is 0.225 e. The number of pyridine rings is 1. The molecule has 1 saturated heterocycles. The lowest BCUT2D eigenvalue weighted by Gasteiger charge is -2.23. The number of nitrogens with one attached hydrogen (secondary N) is 1. The van der Waals surface area contributed by atoms with E-state index in [1.807, 2.05) is 6.07 Å². The van der Waals surface area contributed by atoms with Gasteiger partial charge in [0.15, 0.2) is 0 Å². The van der Waals surface area contributed by atoms with Crippen LogP contribution in [0.4, 0.5) is 0 Å². The summed E-state index contributed by atoms with van der Waals surface area (Å²) in [5.41, 5.74) is 0.931. The highest BCUT2D eigenvalue weighted by molar-refractivity contribution is 6.31. The number of carbonyl (C=O) groups is 1. The molecule has 1 amide bonds. The molecule has 5 nitrogen and oxygen atoms in total. The summed E-state index contributed by atoms with van der Waals surface area (Å²) in [6.45, 7) is 1.67. The molecule has 21 heavy (non-hydrogen) atoms. The predicted molar refractivity (Wildman–Crippen MR) is 80.1 cm³/mol. The Bertz CT molecular complexity index is 464. The average Bonchev–Trinajstić information content (AvgIpc) is 2.53. The molecule has 1 aromatic rings. The molecule has 2 N–H and O–H groups in total. The van der Waals surface area contributed by atoms with Gasteiger partial charge in [0.05, 0.1) is 17.5 Å². The maximum atomic E-state index is 12.0. The van der Waals surface area contributed by atoms with Crippen LogP contribution >= 0.6 is 11.6 Å². The Balaban J connectivity index is 1.82. The number of rotatable bonds is 6. The number of aromatic nitrogens is 1. The van der Waals surface area contributed by atoms with Gasteiger partial charge in [-0.25, -0.2) is 0 Å². The minimum absolute atomic E-state index is 0.0000976. The molecule has 0 unspecified atom stereocenters. The van der Waals surface area contributed by atoms with E-state index in [1.54, 1.807) is 12.4 Å². The highest BCUT2D eigenvalue weighted by Crippen LogP contribution is 2.18. The van der Waals surface area contributed by atoms with E-state index in [2.05, 4.69) is 10.3 Å². The van der Waals surface area contributed by atoms with E-state index in [0.29, 0.717) is 24.6 Å². The normalized spacial score (nSPS) is 20.0. The summed E-state index contributed by atoms with van der Waals surface area (Å²) in [5, 5.41) is 13.0. The number of halogens is 1. The third-order valence-electron chi connectivity index (χ3n) is 3.72. The standard InChI is InChI=1S/C15H21ClN2O3/c16-14-8-17-4-3-12(14)6-11(9-19)7-18-15(20)13-2-1-5-21-10-13/h3-4,8,11,13,19H,1-2,5-7,9-10H2,(H,18,20)/t11-,13-/m1/s1.